The van der Waals surface area contributed by atoms with Crippen LogP contribution in [0.4, 0.5) is 5.69 Å². The molecule has 0 aliphatic rings. The summed E-state index contributed by atoms with van der Waals surface area (Å²) in [6.45, 7) is 3.92. The van der Waals surface area contributed by atoms with Gasteiger partial charge in [-0.3, -0.25) is 24.8 Å². The Hall–Kier alpha value is -3.97. The zero-order chi connectivity index (χ0) is 27.9. The lowest BCUT2D eigenvalue weighted by Gasteiger charge is -2.18. The average Bonchev–Trinajstić information content (AvgIpc) is 3.27. The van der Waals surface area contributed by atoms with Crippen molar-refractivity contribution in [1.82, 2.24) is 14.8 Å². The monoisotopic (exact) mass is 613 g/mol. The zero-order valence-corrected chi connectivity index (χ0v) is 23.4. The minimum absolute atomic E-state index is 0.0436. The molecule has 13 heteroatoms. The molecule has 0 unspecified atom stereocenters. The molecule has 1 atom stereocenters. The molecule has 0 N–H and O–H groups in total. The fourth-order valence-corrected chi connectivity index (χ4v) is 5.43. The van der Waals surface area contributed by atoms with Gasteiger partial charge in [-0.1, -0.05) is 39.8 Å². The maximum atomic E-state index is 11.7. The van der Waals surface area contributed by atoms with E-state index in [2.05, 4.69) is 26.1 Å². The minimum atomic E-state index is -0.678. The molecule has 202 valence electrons. The third-order valence-corrected chi connectivity index (χ3v) is 7.25. The second-order valence-electron chi connectivity index (χ2n) is 8.31. The molecule has 0 saturated carbocycles. The van der Waals surface area contributed by atoms with Crippen molar-refractivity contribution in [1.29, 1.82) is 0 Å². The molecule has 11 nitrogen and oxygen atoms in total. The molecule has 1 heterocycles. The van der Waals surface area contributed by atoms with Gasteiger partial charge < -0.3 is 9.47 Å². The smallest absolute Gasteiger partial charge is 0.269 e. The lowest BCUT2D eigenvalue weighted by atomic mass is 10.1. The number of hydrogen-bond acceptors (Lipinski definition) is 9. The van der Waals surface area contributed by atoms with Crippen molar-refractivity contribution in [2.45, 2.75) is 30.9 Å². The molecule has 39 heavy (non-hydrogen) atoms. The molecule has 0 bridgehead atoms. The third kappa shape index (κ3) is 7.12. The summed E-state index contributed by atoms with van der Waals surface area (Å²) in [5.41, 5.74) is 1.93. The number of benzene rings is 3. The molecule has 4 aromatic rings. The van der Waals surface area contributed by atoms with Crippen LogP contribution in [0.15, 0.2) is 76.4 Å². The van der Waals surface area contributed by atoms with Crippen LogP contribution in [0.5, 0.6) is 11.5 Å². The van der Waals surface area contributed by atoms with E-state index in [0.717, 1.165) is 15.9 Å². The molecule has 0 radical (unpaired) electrons. The Morgan fingerprint density at radius 2 is 1.79 bits per heavy atom. The van der Waals surface area contributed by atoms with E-state index in [1.165, 1.54) is 23.9 Å². The highest BCUT2D eigenvalue weighted by molar-refractivity contribution is 9.10. The van der Waals surface area contributed by atoms with E-state index in [1.807, 2.05) is 42.7 Å². The van der Waals surface area contributed by atoms with Gasteiger partial charge in [0, 0.05) is 32.8 Å². The van der Waals surface area contributed by atoms with Gasteiger partial charge in [0.2, 0.25) is 6.54 Å². The van der Waals surface area contributed by atoms with Crippen LogP contribution in [0.2, 0.25) is 0 Å². The van der Waals surface area contributed by atoms with Gasteiger partial charge in [-0.2, -0.15) is 0 Å². The summed E-state index contributed by atoms with van der Waals surface area (Å²) < 4.78 is 14.1. The van der Waals surface area contributed by atoms with E-state index in [1.54, 1.807) is 30.3 Å². The van der Waals surface area contributed by atoms with Gasteiger partial charge >= 0.3 is 0 Å². The number of hydrogen-bond donors (Lipinski definition) is 0. The minimum Gasteiger partial charge on any atom is -0.494 e. The van der Waals surface area contributed by atoms with Gasteiger partial charge in [-0.05, 0) is 61.9 Å². The Labute approximate surface area is 236 Å². The van der Waals surface area contributed by atoms with Gasteiger partial charge in [0.25, 0.3) is 5.69 Å². The van der Waals surface area contributed by atoms with Crippen LogP contribution in [-0.2, 0) is 6.61 Å². The van der Waals surface area contributed by atoms with Crippen LogP contribution in [0, 0.1) is 27.2 Å². The fourth-order valence-electron chi connectivity index (χ4n) is 3.86. The first-order valence-corrected chi connectivity index (χ1v) is 13.5. The van der Waals surface area contributed by atoms with Crippen LogP contribution in [-0.4, -0.2) is 37.8 Å². The van der Waals surface area contributed by atoms with E-state index in [9.17, 15) is 20.2 Å². The Balaban J connectivity index is 1.65. The molecular weight excluding hydrogens is 590 g/mol. The summed E-state index contributed by atoms with van der Waals surface area (Å²) in [4.78, 5) is 22.0. The van der Waals surface area contributed by atoms with Crippen LogP contribution >= 0.6 is 27.7 Å². The molecule has 0 saturated heterocycles. The Kier molecular flexibility index (Phi) is 9.15. The summed E-state index contributed by atoms with van der Waals surface area (Å²) in [5, 5.41) is 31.2. The first-order valence-electron chi connectivity index (χ1n) is 11.8. The van der Waals surface area contributed by atoms with Crippen molar-refractivity contribution in [3.8, 4) is 17.2 Å². The molecule has 0 aliphatic heterocycles. The summed E-state index contributed by atoms with van der Waals surface area (Å²) in [7, 11) is 0. The number of halogens is 1. The Morgan fingerprint density at radius 3 is 2.49 bits per heavy atom. The lowest BCUT2D eigenvalue weighted by molar-refractivity contribution is -0.479. The predicted molar refractivity (Wildman–Crippen MR) is 149 cm³/mol. The van der Waals surface area contributed by atoms with Crippen molar-refractivity contribution in [2.75, 3.05) is 13.2 Å². The third-order valence-electron chi connectivity index (χ3n) is 5.60. The Morgan fingerprint density at radius 1 is 1.03 bits per heavy atom. The van der Waals surface area contributed by atoms with E-state index < -0.39 is 16.7 Å². The first-order chi connectivity index (χ1) is 18.7. The van der Waals surface area contributed by atoms with Crippen LogP contribution < -0.4 is 9.47 Å². The maximum Gasteiger partial charge on any atom is 0.269 e. The average molecular weight is 614 g/mol. The molecule has 0 amide bonds. The van der Waals surface area contributed by atoms with Crippen LogP contribution in [0.25, 0.3) is 5.69 Å². The largest absolute Gasteiger partial charge is 0.494 e. The van der Waals surface area contributed by atoms with Crippen molar-refractivity contribution < 1.29 is 19.3 Å². The van der Waals surface area contributed by atoms with Crippen LogP contribution in [0.1, 0.15) is 29.1 Å². The van der Waals surface area contributed by atoms with Crippen molar-refractivity contribution in [3.05, 3.63) is 108 Å². The van der Waals surface area contributed by atoms with E-state index >= 15 is 0 Å². The van der Waals surface area contributed by atoms with E-state index in [4.69, 9.17) is 9.47 Å². The molecular formula is C26H24BrN5O6S. The summed E-state index contributed by atoms with van der Waals surface area (Å²) >= 11 is 4.66. The Bertz CT molecular complexity index is 1480. The lowest BCUT2D eigenvalue weighted by Crippen LogP contribution is -2.13. The molecule has 4 rings (SSSR count). The fraction of sp³-hybridized carbons (Fsp3) is 0.231. The van der Waals surface area contributed by atoms with Crippen molar-refractivity contribution >= 4 is 33.4 Å². The maximum absolute atomic E-state index is 11.7. The highest BCUT2D eigenvalue weighted by atomic mass is 79.9. The summed E-state index contributed by atoms with van der Waals surface area (Å²) in [6.07, 6.45) is 0. The second kappa shape index (κ2) is 12.7. The number of aromatic nitrogens is 3. The highest BCUT2D eigenvalue weighted by Crippen LogP contribution is 2.41. The quantitative estimate of drug-likeness (QED) is 0.102. The molecule has 0 fully saturated rings. The zero-order valence-electron chi connectivity index (χ0n) is 21.0. The van der Waals surface area contributed by atoms with Gasteiger partial charge in [0.05, 0.1) is 11.5 Å². The van der Waals surface area contributed by atoms with Gasteiger partial charge in [-0.25, -0.2) is 0 Å². The van der Waals surface area contributed by atoms with Gasteiger partial charge in [0.1, 0.15) is 29.2 Å². The molecule has 1 aromatic heterocycles. The topological polar surface area (TPSA) is 135 Å². The van der Waals surface area contributed by atoms with Crippen molar-refractivity contribution in [2.24, 2.45) is 0 Å². The summed E-state index contributed by atoms with van der Waals surface area (Å²) in [6, 6.07) is 18.8. The van der Waals surface area contributed by atoms with Crippen molar-refractivity contribution in [3.63, 3.8) is 0 Å². The number of ether oxygens (including phenoxy) is 2. The molecule has 0 aliphatic carbocycles. The number of nitro groups is 2. The molecule has 0 spiro atoms. The number of thioether (sulfide) groups is 1. The summed E-state index contributed by atoms with van der Waals surface area (Å²) in [5.74, 6) is 1.78. The normalized spacial score (nSPS) is 11.7. The number of aryl methyl sites for hydroxylation is 1. The van der Waals surface area contributed by atoms with E-state index in [0.29, 0.717) is 34.5 Å². The number of nitrogens with zero attached hydrogens (tertiary/aromatic N) is 5. The van der Waals surface area contributed by atoms with Crippen LogP contribution in [0.3, 0.4) is 0 Å². The number of non-ortho nitro benzene ring substituents is 1. The standard InChI is InChI=1S/C26H24BrN5O6S/c1-3-37-22-10-8-20(9-11-22)31-17(2)28-29-26(31)39-25(15-30(33)34)23-14-19(27)7-12-24(23)38-16-18-5-4-6-21(13-18)32(35)36/h4-14,25H,3,15-16H2,1-2H3/t25-/m0/s1. The number of rotatable bonds is 12. The van der Waals surface area contributed by atoms with Gasteiger partial charge in [0.15, 0.2) is 5.16 Å². The van der Waals surface area contributed by atoms with Gasteiger partial charge in [-0.15, -0.1) is 10.2 Å². The second-order valence-corrected chi connectivity index (χ2v) is 10.4. The van der Waals surface area contributed by atoms with E-state index in [-0.39, 0.29) is 17.2 Å². The predicted octanol–water partition coefficient (Wildman–Crippen LogP) is 6.33. The first kappa shape index (κ1) is 28.0. The SMILES string of the molecule is CCOc1ccc(-n2c(C)nnc2S[C@@H](C[N+](=O)[O-])c2cc(Br)ccc2OCc2cccc([N+](=O)[O-])c2)cc1. The molecule has 3 aromatic carbocycles. The highest BCUT2D eigenvalue weighted by Gasteiger charge is 2.27. The number of nitro benzene ring substituents is 1.